The highest BCUT2D eigenvalue weighted by Gasteiger charge is 2.42. The van der Waals surface area contributed by atoms with Gasteiger partial charge in [0.25, 0.3) is 5.91 Å². The molecule has 1 atom stereocenters. The van der Waals surface area contributed by atoms with E-state index in [1.807, 2.05) is 6.92 Å². The number of alkyl halides is 3. The average molecular weight is 463 g/mol. The Morgan fingerprint density at radius 2 is 1.97 bits per heavy atom. The number of nitrogens with zero attached hydrogens (tertiary/aromatic N) is 1. The van der Waals surface area contributed by atoms with Crippen LogP contribution in [-0.4, -0.2) is 34.7 Å². The van der Waals surface area contributed by atoms with Gasteiger partial charge in [-0.3, -0.25) is 14.5 Å². The second-order valence-electron chi connectivity index (χ2n) is 7.92. The molecule has 1 aromatic rings. The summed E-state index contributed by atoms with van der Waals surface area (Å²) in [4.78, 5) is 27.5. The molecule has 2 amide bonds. The van der Waals surface area contributed by atoms with Gasteiger partial charge in [0, 0.05) is 5.75 Å². The minimum absolute atomic E-state index is 0.205. The fourth-order valence-corrected chi connectivity index (χ4v) is 3.86. The quantitative estimate of drug-likeness (QED) is 0.552. The van der Waals surface area contributed by atoms with Crippen LogP contribution in [0.4, 0.5) is 23.2 Å². The van der Waals surface area contributed by atoms with Crippen molar-refractivity contribution in [1.29, 1.82) is 0 Å². The zero-order valence-corrected chi connectivity index (χ0v) is 18.8. The van der Waals surface area contributed by atoms with Crippen LogP contribution in [0.25, 0.3) is 0 Å². The molecule has 1 aromatic carbocycles. The molecule has 0 aromatic heterocycles. The number of allylic oxidation sites excluding steroid dienone is 1. The van der Waals surface area contributed by atoms with Gasteiger partial charge in [0.05, 0.1) is 11.3 Å². The van der Waals surface area contributed by atoms with Gasteiger partial charge in [-0.25, -0.2) is 4.39 Å². The highest BCUT2D eigenvalue weighted by atomic mass is 32.2. The van der Waals surface area contributed by atoms with Crippen molar-refractivity contribution in [2.45, 2.75) is 52.8 Å². The van der Waals surface area contributed by atoms with Crippen LogP contribution in [0.1, 0.15) is 46.6 Å². The molecular formula is C21H26F4N2O3S. The molecular weight excluding hydrogens is 436 g/mol. The number of thioether (sulfide) groups is 1. The van der Waals surface area contributed by atoms with Crippen molar-refractivity contribution in [3.05, 3.63) is 40.2 Å². The SMILES string of the molecule is CCC(C)CSC1=C(C)OCN(C(C)(C)C(=O)Nc2cc(C(F)(F)F)ccc2F)C1=O. The van der Waals surface area contributed by atoms with Crippen molar-refractivity contribution in [2.75, 3.05) is 17.8 Å². The van der Waals surface area contributed by atoms with Gasteiger partial charge in [-0.2, -0.15) is 13.2 Å². The molecule has 0 saturated heterocycles. The molecule has 0 spiro atoms. The summed E-state index contributed by atoms with van der Waals surface area (Å²) in [7, 11) is 0. The van der Waals surface area contributed by atoms with E-state index in [-0.39, 0.29) is 6.73 Å². The first-order chi connectivity index (χ1) is 14.3. The number of hydrogen-bond acceptors (Lipinski definition) is 4. The Morgan fingerprint density at radius 3 is 2.55 bits per heavy atom. The lowest BCUT2D eigenvalue weighted by Crippen LogP contribution is -2.57. The summed E-state index contributed by atoms with van der Waals surface area (Å²) in [5, 5.41) is 2.18. The Balaban J connectivity index is 2.23. The van der Waals surface area contributed by atoms with Crippen LogP contribution >= 0.6 is 11.8 Å². The molecule has 0 radical (unpaired) electrons. The number of hydrogen-bond donors (Lipinski definition) is 1. The molecule has 1 heterocycles. The van der Waals surface area contributed by atoms with Crippen molar-refractivity contribution in [3.63, 3.8) is 0 Å². The number of rotatable bonds is 7. The minimum atomic E-state index is -4.69. The lowest BCUT2D eigenvalue weighted by molar-refractivity contribution is -0.148. The second-order valence-corrected chi connectivity index (χ2v) is 8.95. The zero-order valence-electron chi connectivity index (χ0n) is 18.0. The molecule has 1 unspecified atom stereocenters. The van der Waals surface area contributed by atoms with E-state index < -0.39 is 40.6 Å². The summed E-state index contributed by atoms with van der Waals surface area (Å²) >= 11 is 1.34. The first kappa shape index (κ1) is 25.0. The van der Waals surface area contributed by atoms with Gasteiger partial charge in [-0.15, -0.1) is 11.8 Å². The molecule has 2 rings (SSSR count). The van der Waals surface area contributed by atoms with Crippen molar-refractivity contribution in [2.24, 2.45) is 5.92 Å². The van der Waals surface area contributed by atoms with E-state index in [4.69, 9.17) is 4.74 Å². The van der Waals surface area contributed by atoms with Crippen LogP contribution in [0.5, 0.6) is 0 Å². The molecule has 5 nitrogen and oxygen atoms in total. The number of anilines is 1. The first-order valence-corrected chi connectivity index (χ1v) is 10.7. The number of carbonyl (C=O) groups excluding carboxylic acids is 2. The summed E-state index contributed by atoms with van der Waals surface area (Å²) in [5.74, 6) is -0.758. The molecule has 0 bridgehead atoms. The molecule has 0 fully saturated rings. The van der Waals surface area contributed by atoms with E-state index in [1.165, 1.54) is 30.5 Å². The predicted octanol–water partition coefficient (Wildman–Crippen LogP) is 5.39. The third-order valence-electron chi connectivity index (χ3n) is 5.15. The van der Waals surface area contributed by atoms with E-state index >= 15 is 0 Å². The van der Waals surface area contributed by atoms with Crippen LogP contribution < -0.4 is 5.32 Å². The largest absolute Gasteiger partial charge is 0.476 e. The van der Waals surface area contributed by atoms with Crippen LogP contribution in [0, 0.1) is 11.7 Å². The Kier molecular flexibility index (Phi) is 7.67. The Bertz CT molecular complexity index is 884. The number of nitrogens with one attached hydrogen (secondary N) is 1. The van der Waals surface area contributed by atoms with Crippen molar-refractivity contribution >= 4 is 29.3 Å². The third-order valence-corrected chi connectivity index (χ3v) is 6.64. The van der Waals surface area contributed by atoms with Gasteiger partial charge in [-0.1, -0.05) is 20.3 Å². The lowest BCUT2D eigenvalue weighted by Gasteiger charge is -2.40. The monoisotopic (exact) mass is 462 g/mol. The summed E-state index contributed by atoms with van der Waals surface area (Å²) < 4.78 is 58.4. The van der Waals surface area contributed by atoms with Crippen LogP contribution in [0.15, 0.2) is 28.9 Å². The summed E-state index contributed by atoms with van der Waals surface area (Å²) in [5.41, 5.74) is -3.22. The van der Waals surface area contributed by atoms with E-state index in [9.17, 15) is 27.2 Å². The first-order valence-electron chi connectivity index (χ1n) is 9.75. The highest BCUT2D eigenvalue weighted by Crippen LogP contribution is 2.34. The fraction of sp³-hybridized carbons (Fsp3) is 0.524. The Morgan fingerprint density at radius 1 is 1.32 bits per heavy atom. The van der Waals surface area contributed by atoms with Crippen molar-refractivity contribution in [1.82, 2.24) is 4.90 Å². The van der Waals surface area contributed by atoms with E-state index in [1.54, 1.807) is 6.92 Å². The Labute approximate surface area is 183 Å². The number of ether oxygens (including phenoxy) is 1. The maximum Gasteiger partial charge on any atom is 0.416 e. The molecule has 1 aliphatic heterocycles. The van der Waals surface area contributed by atoms with E-state index in [0.717, 1.165) is 6.42 Å². The topological polar surface area (TPSA) is 58.6 Å². The summed E-state index contributed by atoms with van der Waals surface area (Å²) in [6.45, 7) is 8.40. The van der Waals surface area contributed by atoms with Gasteiger partial charge in [0.2, 0.25) is 5.91 Å². The van der Waals surface area contributed by atoms with Gasteiger partial charge in [0.15, 0.2) is 6.73 Å². The second kappa shape index (κ2) is 9.50. The zero-order chi connectivity index (χ0) is 23.6. The normalized spacial score (nSPS) is 16.3. The molecule has 10 heteroatoms. The molecule has 31 heavy (non-hydrogen) atoms. The number of carbonyl (C=O) groups is 2. The van der Waals surface area contributed by atoms with Crippen molar-refractivity contribution in [3.8, 4) is 0 Å². The summed E-state index contributed by atoms with van der Waals surface area (Å²) in [6.07, 6.45) is -3.75. The lowest BCUT2D eigenvalue weighted by atomic mass is 10.0. The van der Waals surface area contributed by atoms with Crippen molar-refractivity contribution < 1.29 is 31.9 Å². The molecule has 1 N–H and O–H groups in total. The predicted molar refractivity (Wildman–Crippen MR) is 112 cm³/mol. The highest BCUT2D eigenvalue weighted by molar-refractivity contribution is 8.04. The fourth-order valence-electron chi connectivity index (χ4n) is 2.68. The molecule has 0 saturated carbocycles. The minimum Gasteiger partial charge on any atom is -0.476 e. The number of halogens is 4. The maximum atomic E-state index is 14.1. The molecule has 0 aliphatic carbocycles. The number of amides is 2. The third kappa shape index (κ3) is 5.72. The van der Waals surface area contributed by atoms with E-state index in [2.05, 4.69) is 12.2 Å². The smallest absolute Gasteiger partial charge is 0.416 e. The van der Waals surface area contributed by atoms with Gasteiger partial charge in [-0.05, 0) is 44.9 Å². The number of benzene rings is 1. The van der Waals surface area contributed by atoms with Gasteiger partial charge >= 0.3 is 6.18 Å². The van der Waals surface area contributed by atoms with Crippen LogP contribution in [-0.2, 0) is 20.5 Å². The Hall–Kier alpha value is -2.23. The van der Waals surface area contributed by atoms with E-state index in [0.29, 0.717) is 40.5 Å². The average Bonchev–Trinajstić information content (AvgIpc) is 2.67. The summed E-state index contributed by atoms with van der Waals surface area (Å²) in [6, 6.07) is 1.75. The van der Waals surface area contributed by atoms with Crippen LogP contribution in [0.3, 0.4) is 0 Å². The van der Waals surface area contributed by atoms with Gasteiger partial charge < -0.3 is 10.1 Å². The van der Waals surface area contributed by atoms with Gasteiger partial charge in [0.1, 0.15) is 22.0 Å². The molecule has 172 valence electrons. The maximum absolute atomic E-state index is 14.1. The standard InChI is InChI=1S/C21H26F4N2O3S/c1-6-12(2)10-31-17-13(3)30-11-27(18(17)28)20(4,5)19(29)26-16-9-14(21(23,24)25)7-8-15(16)22/h7-9,12H,6,10-11H2,1-5H3,(H,26,29). The molecule has 1 aliphatic rings. The van der Waals surface area contributed by atoms with Crippen LogP contribution in [0.2, 0.25) is 0 Å².